The van der Waals surface area contributed by atoms with E-state index in [4.69, 9.17) is 10.6 Å². The molecule has 3 unspecified atom stereocenters. The largest absolute Gasteiger partial charge is 0.381 e. The molecule has 100 valence electrons. The summed E-state index contributed by atoms with van der Waals surface area (Å²) in [6, 6.07) is 0.827. The van der Waals surface area contributed by atoms with Gasteiger partial charge in [0, 0.05) is 44.2 Å². The van der Waals surface area contributed by atoms with Crippen LogP contribution in [-0.4, -0.2) is 68.8 Å². The Balaban J connectivity index is 1.99. The topological polar surface area (TPSA) is 53.8 Å². The number of ether oxygens (including phenoxy) is 1. The highest BCUT2D eigenvalue weighted by atomic mass is 16.5. The Morgan fingerprint density at radius 2 is 2.18 bits per heavy atom. The minimum atomic E-state index is 0.336. The number of piperazine rings is 1. The molecule has 0 aliphatic carbocycles. The third kappa shape index (κ3) is 3.17. The Morgan fingerprint density at radius 1 is 1.35 bits per heavy atom. The summed E-state index contributed by atoms with van der Waals surface area (Å²) in [6.07, 6.45) is 2.39. The van der Waals surface area contributed by atoms with Crippen molar-refractivity contribution in [3.8, 4) is 0 Å². The summed E-state index contributed by atoms with van der Waals surface area (Å²) in [5, 5.41) is 0. The first-order valence-electron chi connectivity index (χ1n) is 6.65. The van der Waals surface area contributed by atoms with Crippen molar-refractivity contribution in [2.75, 3.05) is 46.9 Å². The number of hydrogen-bond donors (Lipinski definition) is 2. The van der Waals surface area contributed by atoms with Crippen molar-refractivity contribution < 1.29 is 4.74 Å². The van der Waals surface area contributed by atoms with Gasteiger partial charge in [0.2, 0.25) is 0 Å². The molecule has 2 saturated heterocycles. The van der Waals surface area contributed by atoms with Crippen LogP contribution >= 0.6 is 0 Å². The van der Waals surface area contributed by atoms with Gasteiger partial charge < -0.3 is 9.64 Å². The van der Waals surface area contributed by atoms with Gasteiger partial charge in [0.15, 0.2) is 0 Å². The van der Waals surface area contributed by atoms with Crippen LogP contribution in [0.5, 0.6) is 0 Å². The van der Waals surface area contributed by atoms with E-state index >= 15 is 0 Å². The highest BCUT2D eigenvalue weighted by Crippen LogP contribution is 2.23. The van der Waals surface area contributed by atoms with Gasteiger partial charge in [-0.2, -0.15) is 0 Å². The van der Waals surface area contributed by atoms with Crippen LogP contribution in [0, 0.1) is 5.92 Å². The van der Waals surface area contributed by atoms with E-state index in [1.54, 1.807) is 0 Å². The van der Waals surface area contributed by atoms with Crippen molar-refractivity contribution in [1.29, 1.82) is 0 Å². The van der Waals surface area contributed by atoms with E-state index in [2.05, 4.69) is 29.3 Å². The fourth-order valence-corrected chi connectivity index (χ4v) is 3.04. The lowest BCUT2D eigenvalue weighted by molar-refractivity contribution is 0.00471. The zero-order valence-corrected chi connectivity index (χ0v) is 11.1. The van der Waals surface area contributed by atoms with Crippen LogP contribution in [0.2, 0.25) is 0 Å². The number of nitrogens with two attached hydrogens (primary N) is 1. The van der Waals surface area contributed by atoms with Gasteiger partial charge in [0.25, 0.3) is 0 Å². The molecule has 0 radical (unpaired) electrons. The highest BCUT2D eigenvalue weighted by molar-refractivity contribution is 4.92. The molecule has 3 N–H and O–H groups in total. The Bertz CT molecular complexity index is 233. The second-order valence-electron chi connectivity index (χ2n) is 5.48. The molecule has 0 bridgehead atoms. The van der Waals surface area contributed by atoms with Crippen molar-refractivity contribution in [2.45, 2.75) is 24.9 Å². The van der Waals surface area contributed by atoms with E-state index in [0.29, 0.717) is 18.0 Å². The molecule has 2 rings (SSSR count). The predicted molar refractivity (Wildman–Crippen MR) is 68.6 cm³/mol. The molecular weight excluding hydrogens is 216 g/mol. The van der Waals surface area contributed by atoms with Gasteiger partial charge in [-0.15, -0.1) is 0 Å². The Morgan fingerprint density at radius 3 is 2.82 bits per heavy atom. The van der Waals surface area contributed by atoms with Gasteiger partial charge in [-0.25, -0.2) is 0 Å². The highest BCUT2D eigenvalue weighted by Gasteiger charge is 2.35. The fraction of sp³-hybridized carbons (Fsp3) is 1.00. The van der Waals surface area contributed by atoms with Crippen LogP contribution in [0.4, 0.5) is 0 Å². The molecule has 2 aliphatic rings. The van der Waals surface area contributed by atoms with Crippen molar-refractivity contribution >= 4 is 0 Å². The smallest absolute Gasteiger partial charge is 0.0510 e. The van der Waals surface area contributed by atoms with Gasteiger partial charge >= 0.3 is 0 Å². The van der Waals surface area contributed by atoms with Crippen molar-refractivity contribution in [2.24, 2.45) is 11.8 Å². The van der Waals surface area contributed by atoms with Crippen LogP contribution in [0.1, 0.15) is 12.8 Å². The molecular formula is C12H26N4O. The monoisotopic (exact) mass is 242 g/mol. The molecule has 3 atom stereocenters. The van der Waals surface area contributed by atoms with Crippen LogP contribution in [0.25, 0.3) is 0 Å². The summed E-state index contributed by atoms with van der Waals surface area (Å²) < 4.78 is 5.59. The minimum Gasteiger partial charge on any atom is -0.381 e. The standard InChI is InChI=1S/C12H26N4O/c1-15-5-6-16(2)11(8-15)12(14-13)10-4-3-7-17-9-10/h10-12,14H,3-9,13H2,1-2H3. The van der Waals surface area contributed by atoms with Gasteiger partial charge in [0.1, 0.15) is 0 Å². The fourth-order valence-electron chi connectivity index (χ4n) is 3.04. The summed E-state index contributed by atoms with van der Waals surface area (Å²) in [6.45, 7) is 5.11. The summed E-state index contributed by atoms with van der Waals surface area (Å²) in [4.78, 5) is 4.82. The zero-order valence-electron chi connectivity index (χ0n) is 11.1. The number of nitrogens with zero attached hydrogens (tertiary/aromatic N) is 2. The molecule has 0 aromatic carbocycles. The molecule has 0 saturated carbocycles. The average molecular weight is 242 g/mol. The van der Waals surface area contributed by atoms with Gasteiger partial charge in [-0.1, -0.05) is 0 Å². The Hall–Kier alpha value is -0.200. The molecule has 5 heteroatoms. The molecule has 0 aromatic heterocycles. The predicted octanol–water partition coefficient (Wildman–Crippen LogP) is -0.509. The lowest BCUT2D eigenvalue weighted by atomic mass is 9.87. The van der Waals surface area contributed by atoms with E-state index in [9.17, 15) is 0 Å². The van der Waals surface area contributed by atoms with E-state index in [1.807, 2.05) is 0 Å². The van der Waals surface area contributed by atoms with Gasteiger partial charge in [0.05, 0.1) is 6.61 Å². The van der Waals surface area contributed by atoms with Crippen LogP contribution < -0.4 is 11.3 Å². The summed E-state index contributed by atoms with van der Waals surface area (Å²) in [7, 11) is 4.39. The Kier molecular flexibility index (Phi) is 4.76. The Labute approximate surface area is 104 Å². The second-order valence-corrected chi connectivity index (χ2v) is 5.48. The van der Waals surface area contributed by atoms with Crippen molar-refractivity contribution in [1.82, 2.24) is 15.2 Å². The maximum Gasteiger partial charge on any atom is 0.0510 e. The van der Waals surface area contributed by atoms with Crippen molar-refractivity contribution in [3.05, 3.63) is 0 Å². The van der Waals surface area contributed by atoms with Crippen molar-refractivity contribution in [3.63, 3.8) is 0 Å². The number of likely N-dealkylation sites (N-methyl/N-ethyl adjacent to an activating group) is 2. The first kappa shape index (κ1) is 13.2. The summed E-state index contributed by atoms with van der Waals surface area (Å²) in [5.41, 5.74) is 3.04. The number of nitrogens with one attached hydrogen (secondary N) is 1. The second kappa shape index (κ2) is 6.11. The molecule has 0 aromatic rings. The molecule has 5 nitrogen and oxygen atoms in total. The van der Waals surface area contributed by atoms with Crippen LogP contribution in [0.3, 0.4) is 0 Å². The quantitative estimate of drug-likeness (QED) is 0.516. The molecule has 0 spiro atoms. The number of hydrogen-bond acceptors (Lipinski definition) is 5. The molecule has 0 amide bonds. The zero-order chi connectivity index (χ0) is 12.3. The maximum absolute atomic E-state index is 5.79. The van der Waals surface area contributed by atoms with Crippen LogP contribution in [0.15, 0.2) is 0 Å². The molecule has 17 heavy (non-hydrogen) atoms. The van der Waals surface area contributed by atoms with E-state index in [0.717, 1.165) is 39.3 Å². The third-order valence-corrected chi connectivity index (χ3v) is 4.21. The lowest BCUT2D eigenvalue weighted by Crippen LogP contribution is -2.62. The first-order chi connectivity index (χ1) is 8.22. The van der Waals surface area contributed by atoms with E-state index < -0.39 is 0 Å². The average Bonchev–Trinajstić information content (AvgIpc) is 2.36. The first-order valence-corrected chi connectivity index (χ1v) is 6.65. The third-order valence-electron chi connectivity index (χ3n) is 4.21. The van der Waals surface area contributed by atoms with Crippen LogP contribution in [-0.2, 0) is 4.74 Å². The molecule has 2 heterocycles. The number of rotatable bonds is 3. The SMILES string of the molecule is CN1CCN(C)C(C(NN)C2CCCOC2)C1. The molecule has 2 aliphatic heterocycles. The van der Waals surface area contributed by atoms with E-state index in [1.165, 1.54) is 6.42 Å². The minimum absolute atomic E-state index is 0.336. The maximum atomic E-state index is 5.79. The van der Waals surface area contributed by atoms with E-state index in [-0.39, 0.29) is 0 Å². The summed E-state index contributed by atoms with van der Waals surface area (Å²) >= 11 is 0. The molecule has 2 fully saturated rings. The normalized spacial score (nSPS) is 34.8. The summed E-state index contributed by atoms with van der Waals surface area (Å²) in [5.74, 6) is 6.34. The lowest BCUT2D eigenvalue weighted by Gasteiger charge is -2.44. The van der Waals surface area contributed by atoms with Gasteiger partial charge in [-0.3, -0.25) is 16.2 Å². The number of hydrazine groups is 1. The van der Waals surface area contributed by atoms with Gasteiger partial charge in [-0.05, 0) is 26.9 Å².